The molecule has 1 fully saturated rings. The highest BCUT2D eigenvalue weighted by Crippen LogP contribution is 2.23. The fourth-order valence-electron chi connectivity index (χ4n) is 3.04. The lowest BCUT2D eigenvalue weighted by Crippen LogP contribution is -2.47. The average Bonchev–Trinajstić information content (AvgIpc) is 2.42. The van der Waals surface area contributed by atoms with E-state index in [1.54, 1.807) is 0 Å². The lowest BCUT2D eigenvalue weighted by Gasteiger charge is -2.33. The molecule has 0 bridgehead atoms. The van der Waals surface area contributed by atoms with Crippen molar-refractivity contribution in [1.29, 1.82) is 0 Å². The zero-order valence-electron chi connectivity index (χ0n) is 13.1. The number of nitrogens with two attached hydrogens (primary N) is 1. The Morgan fingerprint density at radius 2 is 1.47 bits per heavy atom. The molecule has 1 aliphatic heterocycles. The summed E-state index contributed by atoms with van der Waals surface area (Å²) in [4.78, 5) is 0. The maximum Gasteiger partial charge on any atom is 0.0646 e. The predicted octanol–water partition coefficient (Wildman–Crippen LogP) is 4.81. The van der Waals surface area contributed by atoms with Crippen LogP contribution in [0.5, 0.6) is 0 Å². The van der Waals surface area contributed by atoms with Crippen LogP contribution in [0, 0.1) is 0 Å². The first-order valence-electron chi connectivity index (χ1n) is 8.63. The van der Waals surface area contributed by atoms with Crippen LogP contribution >= 0.6 is 0 Å². The molecule has 1 unspecified atom stereocenters. The third-order valence-electron chi connectivity index (χ3n) is 4.38. The Bertz CT molecular complexity index is 199. The van der Waals surface area contributed by atoms with Gasteiger partial charge in [0.05, 0.1) is 6.61 Å². The molecule has 1 rings (SSSR count). The van der Waals surface area contributed by atoms with Crippen LogP contribution in [0.25, 0.3) is 0 Å². The second-order valence-electron chi connectivity index (χ2n) is 6.45. The van der Waals surface area contributed by atoms with Gasteiger partial charge in [-0.05, 0) is 19.3 Å². The van der Waals surface area contributed by atoms with Gasteiger partial charge in [0, 0.05) is 12.1 Å². The van der Waals surface area contributed by atoms with Crippen molar-refractivity contribution in [2.75, 3.05) is 13.2 Å². The van der Waals surface area contributed by atoms with Crippen LogP contribution in [-0.2, 0) is 4.74 Å². The van der Waals surface area contributed by atoms with E-state index in [0.29, 0.717) is 0 Å². The largest absolute Gasteiger partial charge is 0.380 e. The summed E-state index contributed by atoms with van der Waals surface area (Å²) >= 11 is 0. The first-order chi connectivity index (χ1) is 9.27. The lowest BCUT2D eigenvalue weighted by atomic mass is 9.88. The molecule has 0 saturated carbocycles. The normalized spacial score (nSPS) is 23.7. The van der Waals surface area contributed by atoms with E-state index in [1.165, 1.54) is 64.2 Å². The minimum atomic E-state index is -0.00158. The summed E-state index contributed by atoms with van der Waals surface area (Å²) in [6.45, 7) is 3.98. The van der Waals surface area contributed by atoms with Crippen LogP contribution in [0.2, 0.25) is 0 Å². The highest BCUT2D eigenvalue weighted by molar-refractivity contribution is 4.86. The summed E-state index contributed by atoms with van der Waals surface area (Å²) in [6.07, 6.45) is 17.4. The Morgan fingerprint density at radius 1 is 0.895 bits per heavy atom. The third kappa shape index (κ3) is 8.65. The summed E-state index contributed by atoms with van der Waals surface area (Å²) in [7, 11) is 0. The molecule has 1 atom stereocenters. The zero-order valence-corrected chi connectivity index (χ0v) is 13.1. The Morgan fingerprint density at radius 3 is 2.00 bits per heavy atom. The van der Waals surface area contributed by atoms with Crippen molar-refractivity contribution < 1.29 is 4.74 Å². The number of hydrogen-bond acceptors (Lipinski definition) is 2. The molecular formula is C17H35NO. The van der Waals surface area contributed by atoms with Gasteiger partial charge in [-0.2, -0.15) is 0 Å². The topological polar surface area (TPSA) is 35.2 Å². The second kappa shape index (κ2) is 10.7. The minimum absolute atomic E-state index is 0.00158. The van der Waals surface area contributed by atoms with Crippen molar-refractivity contribution in [3.05, 3.63) is 0 Å². The number of unbranched alkanes of at least 4 members (excludes halogenated alkanes) is 9. The number of ether oxygens (including phenoxy) is 1. The first-order valence-corrected chi connectivity index (χ1v) is 8.63. The molecule has 1 aliphatic rings. The monoisotopic (exact) mass is 269 g/mol. The molecule has 0 aromatic rings. The lowest BCUT2D eigenvalue weighted by molar-refractivity contribution is 0.0334. The van der Waals surface area contributed by atoms with E-state index in [9.17, 15) is 0 Å². The van der Waals surface area contributed by atoms with E-state index in [1.807, 2.05) is 0 Å². The SMILES string of the molecule is CCCCCCCCCCCCC1(N)CCCOC1. The zero-order chi connectivity index (χ0) is 13.8. The van der Waals surface area contributed by atoms with Crippen LogP contribution < -0.4 is 5.73 Å². The Kier molecular flexibility index (Phi) is 9.54. The van der Waals surface area contributed by atoms with Crippen LogP contribution in [0.3, 0.4) is 0 Å². The van der Waals surface area contributed by atoms with Crippen molar-refractivity contribution in [3.8, 4) is 0 Å². The summed E-state index contributed by atoms with van der Waals surface area (Å²) < 4.78 is 5.50. The molecule has 19 heavy (non-hydrogen) atoms. The molecule has 0 aromatic carbocycles. The van der Waals surface area contributed by atoms with Gasteiger partial charge in [-0.3, -0.25) is 0 Å². The van der Waals surface area contributed by atoms with E-state index in [2.05, 4.69) is 6.92 Å². The molecule has 0 aliphatic carbocycles. The maximum absolute atomic E-state index is 6.34. The molecule has 0 amide bonds. The van der Waals surface area contributed by atoms with Crippen LogP contribution in [0.1, 0.15) is 90.4 Å². The third-order valence-corrected chi connectivity index (χ3v) is 4.38. The van der Waals surface area contributed by atoms with Crippen molar-refractivity contribution in [1.82, 2.24) is 0 Å². The molecule has 1 saturated heterocycles. The van der Waals surface area contributed by atoms with Crippen LogP contribution in [0.4, 0.5) is 0 Å². The highest BCUT2D eigenvalue weighted by atomic mass is 16.5. The smallest absolute Gasteiger partial charge is 0.0646 e. The molecule has 2 heteroatoms. The van der Waals surface area contributed by atoms with Gasteiger partial charge in [-0.25, -0.2) is 0 Å². The maximum atomic E-state index is 6.34. The standard InChI is InChI=1S/C17H35NO/c1-2-3-4-5-6-7-8-9-10-11-13-17(18)14-12-15-19-16-17/h2-16,18H2,1H3. The average molecular weight is 269 g/mol. The predicted molar refractivity (Wildman–Crippen MR) is 83.4 cm³/mol. The van der Waals surface area contributed by atoms with E-state index in [4.69, 9.17) is 10.5 Å². The van der Waals surface area contributed by atoms with E-state index < -0.39 is 0 Å². The number of rotatable bonds is 11. The first kappa shape index (κ1) is 17.0. The van der Waals surface area contributed by atoms with Gasteiger partial charge < -0.3 is 10.5 Å². The Balaban J connectivity index is 1.83. The van der Waals surface area contributed by atoms with Crippen molar-refractivity contribution >= 4 is 0 Å². The van der Waals surface area contributed by atoms with Gasteiger partial charge in [0.15, 0.2) is 0 Å². The molecule has 2 N–H and O–H groups in total. The van der Waals surface area contributed by atoms with E-state index in [0.717, 1.165) is 32.5 Å². The van der Waals surface area contributed by atoms with E-state index >= 15 is 0 Å². The second-order valence-corrected chi connectivity index (χ2v) is 6.45. The van der Waals surface area contributed by atoms with Crippen molar-refractivity contribution in [2.45, 2.75) is 95.9 Å². The van der Waals surface area contributed by atoms with Gasteiger partial charge in [0.25, 0.3) is 0 Å². The van der Waals surface area contributed by atoms with Crippen molar-refractivity contribution in [2.24, 2.45) is 5.73 Å². The van der Waals surface area contributed by atoms with Crippen LogP contribution in [0.15, 0.2) is 0 Å². The van der Waals surface area contributed by atoms with Gasteiger partial charge >= 0.3 is 0 Å². The Hall–Kier alpha value is -0.0800. The van der Waals surface area contributed by atoms with Gasteiger partial charge in [0.1, 0.15) is 0 Å². The molecule has 2 nitrogen and oxygen atoms in total. The van der Waals surface area contributed by atoms with Gasteiger partial charge in [0.2, 0.25) is 0 Å². The summed E-state index contributed by atoms with van der Waals surface area (Å²) in [6, 6.07) is 0. The molecular weight excluding hydrogens is 234 g/mol. The highest BCUT2D eigenvalue weighted by Gasteiger charge is 2.27. The minimum Gasteiger partial charge on any atom is -0.380 e. The van der Waals surface area contributed by atoms with Gasteiger partial charge in [-0.15, -0.1) is 0 Å². The fraction of sp³-hybridized carbons (Fsp3) is 1.00. The van der Waals surface area contributed by atoms with Crippen molar-refractivity contribution in [3.63, 3.8) is 0 Å². The Labute approximate surface area is 120 Å². The molecule has 1 heterocycles. The summed E-state index contributed by atoms with van der Waals surface area (Å²) in [5.41, 5.74) is 6.34. The quantitative estimate of drug-likeness (QED) is 0.547. The number of hydrogen-bond donors (Lipinski definition) is 1. The molecule has 114 valence electrons. The molecule has 0 spiro atoms. The fourth-order valence-corrected chi connectivity index (χ4v) is 3.04. The van der Waals surface area contributed by atoms with Crippen LogP contribution in [-0.4, -0.2) is 18.8 Å². The molecule has 0 aromatic heterocycles. The van der Waals surface area contributed by atoms with Gasteiger partial charge in [-0.1, -0.05) is 71.1 Å². The summed E-state index contributed by atoms with van der Waals surface area (Å²) in [5, 5.41) is 0. The molecule has 0 radical (unpaired) electrons. The summed E-state index contributed by atoms with van der Waals surface area (Å²) in [5.74, 6) is 0. The van der Waals surface area contributed by atoms with E-state index in [-0.39, 0.29) is 5.54 Å².